The third-order valence-corrected chi connectivity index (χ3v) is 4.28. The molecule has 1 heterocycles. The molecule has 4 heteroatoms. The summed E-state index contributed by atoms with van der Waals surface area (Å²) in [5.41, 5.74) is 4.44. The molecule has 122 valence electrons. The fourth-order valence-electron chi connectivity index (χ4n) is 2.80. The highest BCUT2D eigenvalue weighted by Crippen LogP contribution is 2.20. The number of carbonyl (C=O) groups is 1. The first-order valence-electron chi connectivity index (χ1n) is 7.82. The van der Waals surface area contributed by atoms with Gasteiger partial charge in [-0.15, -0.1) is 0 Å². The standard InChI is InChI=1S/C20H19ClN2O/c1-13-7-8-19-16(9-13)11-18(14(2)22-19)20(24)23(3)12-15-5-4-6-17(21)10-15/h4-11H,12H2,1-3H3. The molecule has 0 aliphatic carbocycles. The second kappa shape index (κ2) is 6.62. The molecule has 0 saturated carbocycles. The summed E-state index contributed by atoms with van der Waals surface area (Å²) >= 11 is 6.02. The van der Waals surface area contributed by atoms with Crippen LogP contribution in [0.5, 0.6) is 0 Å². The number of pyridine rings is 1. The molecule has 0 N–H and O–H groups in total. The number of fused-ring (bicyclic) bond motifs is 1. The normalized spacial score (nSPS) is 10.8. The molecule has 24 heavy (non-hydrogen) atoms. The Bertz CT molecular complexity index is 921. The van der Waals surface area contributed by atoms with Crippen molar-refractivity contribution in [2.75, 3.05) is 7.05 Å². The second-order valence-corrected chi connectivity index (χ2v) is 6.55. The summed E-state index contributed by atoms with van der Waals surface area (Å²) in [5, 5.41) is 1.66. The molecule has 0 aliphatic heterocycles. The Hall–Kier alpha value is -2.39. The van der Waals surface area contributed by atoms with Crippen molar-refractivity contribution < 1.29 is 4.79 Å². The summed E-state index contributed by atoms with van der Waals surface area (Å²) in [6.45, 7) is 4.41. The smallest absolute Gasteiger partial charge is 0.255 e. The molecule has 1 aromatic heterocycles. The van der Waals surface area contributed by atoms with Gasteiger partial charge in [-0.25, -0.2) is 0 Å². The van der Waals surface area contributed by atoms with E-state index in [9.17, 15) is 4.79 Å². The zero-order chi connectivity index (χ0) is 17.3. The van der Waals surface area contributed by atoms with Crippen LogP contribution in [0, 0.1) is 13.8 Å². The maximum Gasteiger partial charge on any atom is 0.255 e. The van der Waals surface area contributed by atoms with Gasteiger partial charge in [0.05, 0.1) is 16.8 Å². The average Bonchev–Trinajstić information content (AvgIpc) is 2.54. The monoisotopic (exact) mass is 338 g/mol. The van der Waals surface area contributed by atoms with Gasteiger partial charge in [0.1, 0.15) is 0 Å². The Balaban J connectivity index is 1.91. The highest BCUT2D eigenvalue weighted by atomic mass is 35.5. The highest BCUT2D eigenvalue weighted by Gasteiger charge is 2.16. The zero-order valence-corrected chi connectivity index (χ0v) is 14.8. The minimum absolute atomic E-state index is 0.0385. The molecule has 1 amide bonds. The Kier molecular flexibility index (Phi) is 4.54. The number of rotatable bonds is 3. The number of aromatic nitrogens is 1. The SMILES string of the molecule is Cc1ccc2nc(C)c(C(=O)N(C)Cc3cccc(Cl)c3)cc2c1. The number of nitrogens with zero attached hydrogens (tertiary/aromatic N) is 2. The Morgan fingerprint density at radius 1 is 1.12 bits per heavy atom. The first-order valence-corrected chi connectivity index (χ1v) is 8.20. The third kappa shape index (κ3) is 3.41. The number of benzene rings is 2. The molecule has 0 atom stereocenters. The first-order chi connectivity index (χ1) is 11.4. The topological polar surface area (TPSA) is 33.2 Å². The summed E-state index contributed by atoms with van der Waals surface area (Å²) in [5.74, 6) is -0.0385. The lowest BCUT2D eigenvalue weighted by atomic mass is 10.1. The van der Waals surface area contributed by atoms with Crippen molar-refractivity contribution in [1.29, 1.82) is 0 Å². The van der Waals surface area contributed by atoms with E-state index in [4.69, 9.17) is 11.6 Å². The molecule has 0 bridgehead atoms. The van der Waals surface area contributed by atoms with Crippen molar-refractivity contribution in [1.82, 2.24) is 9.88 Å². The molecule has 0 saturated heterocycles. The van der Waals surface area contributed by atoms with E-state index in [0.717, 1.165) is 27.7 Å². The molecule has 0 unspecified atom stereocenters. The van der Waals surface area contributed by atoms with E-state index in [1.807, 2.05) is 56.3 Å². The first kappa shape index (κ1) is 16.5. The van der Waals surface area contributed by atoms with E-state index in [1.54, 1.807) is 11.9 Å². The van der Waals surface area contributed by atoms with Gasteiger partial charge in [-0.3, -0.25) is 9.78 Å². The van der Waals surface area contributed by atoms with Gasteiger partial charge in [0.25, 0.3) is 5.91 Å². The van der Waals surface area contributed by atoms with Gasteiger partial charge < -0.3 is 4.90 Å². The molecule has 0 aliphatic rings. The van der Waals surface area contributed by atoms with Gasteiger partial charge in [0.2, 0.25) is 0 Å². The molecule has 3 nitrogen and oxygen atoms in total. The largest absolute Gasteiger partial charge is 0.337 e. The van der Waals surface area contributed by atoms with E-state index in [2.05, 4.69) is 11.1 Å². The predicted molar refractivity (Wildman–Crippen MR) is 98.5 cm³/mol. The number of halogens is 1. The van der Waals surface area contributed by atoms with E-state index in [0.29, 0.717) is 17.1 Å². The van der Waals surface area contributed by atoms with Crippen LogP contribution in [0.25, 0.3) is 10.9 Å². The van der Waals surface area contributed by atoms with Crippen LogP contribution in [-0.4, -0.2) is 22.8 Å². The van der Waals surface area contributed by atoms with E-state index < -0.39 is 0 Å². The lowest BCUT2D eigenvalue weighted by Gasteiger charge is -2.19. The van der Waals surface area contributed by atoms with Gasteiger partial charge in [-0.05, 0) is 49.7 Å². The maximum absolute atomic E-state index is 12.8. The molecule has 3 rings (SSSR count). The molecular formula is C20H19ClN2O. The Morgan fingerprint density at radius 3 is 2.67 bits per heavy atom. The van der Waals surface area contributed by atoms with Crippen molar-refractivity contribution in [3.8, 4) is 0 Å². The van der Waals surface area contributed by atoms with Gasteiger partial charge in [-0.1, -0.05) is 35.4 Å². The van der Waals surface area contributed by atoms with Crippen LogP contribution in [0.2, 0.25) is 5.02 Å². The van der Waals surface area contributed by atoms with Gasteiger partial charge >= 0.3 is 0 Å². The summed E-state index contributed by atoms with van der Waals surface area (Å²) < 4.78 is 0. The van der Waals surface area contributed by atoms with E-state index in [-0.39, 0.29) is 5.91 Å². The van der Waals surface area contributed by atoms with Gasteiger partial charge in [0, 0.05) is 24.0 Å². The lowest BCUT2D eigenvalue weighted by Crippen LogP contribution is -2.27. The molecule has 2 aromatic carbocycles. The minimum atomic E-state index is -0.0385. The van der Waals surface area contributed by atoms with Crippen LogP contribution in [0.3, 0.4) is 0 Å². The van der Waals surface area contributed by atoms with Crippen molar-refractivity contribution in [3.63, 3.8) is 0 Å². The summed E-state index contributed by atoms with van der Waals surface area (Å²) in [7, 11) is 1.79. The summed E-state index contributed by atoms with van der Waals surface area (Å²) in [4.78, 5) is 19.1. The predicted octanol–water partition coefficient (Wildman–Crippen LogP) is 4.78. The maximum atomic E-state index is 12.8. The number of hydrogen-bond acceptors (Lipinski definition) is 2. The number of aryl methyl sites for hydroxylation is 2. The highest BCUT2D eigenvalue weighted by molar-refractivity contribution is 6.30. The number of amides is 1. The summed E-state index contributed by atoms with van der Waals surface area (Å²) in [6.07, 6.45) is 0. The average molecular weight is 339 g/mol. The van der Waals surface area contributed by atoms with Crippen LogP contribution >= 0.6 is 11.6 Å². The number of carbonyl (C=O) groups excluding carboxylic acids is 1. The van der Waals surface area contributed by atoms with Crippen molar-refractivity contribution in [2.24, 2.45) is 0 Å². The van der Waals surface area contributed by atoms with E-state index in [1.165, 1.54) is 0 Å². The lowest BCUT2D eigenvalue weighted by molar-refractivity contribution is 0.0784. The summed E-state index contributed by atoms with van der Waals surface area (Å²) in [6, 6.07) is 15.6. The van der Waals surface area contributed by atoms with Crippen LogP contribution in [0.4, 0.5) is 0 Å². The second-order valence-electron chi connectivity index (χ2n) is 6.11. The molecule has 0 radical (unpaired) electrons. The fourth-order valence-corrected chi connectivity index (χ4v) is 3.01. The molecule has 3 aromatic rings. The number of hydrogen-bond donors (Lipinski definition) is 0. The van der Waals surface area contributed by atoms with Gasteiger partial charge in [-0.2, -0.15) is 0 Å². The van der Waals surface area contributed by atoms with E-state index >= 15 is 0 Å². The van der Waals surface area contributed by atoms with Crippen LogP contribution in [0.1, 0.15) is 27.2 Å². The van der Waals surface area contributed by atoms with Crippen molar-refractivity contribution >= 4 is 28.4 Å². The Morgan fingerprint density at radius 2 is 1.92 bits per heavy atom. The molecule has 0 spiro atoms. The molecular weight excluding hydrogens is 320 g/mol. The van der Waals surface area contributed by atoms with Crippen LogP contribution in [-0.2, 0) is 6.54 Å². The van der Waals surface area contributed by atoms with Crippen LogP contribution in [0.15, 0.2) is 48.5 Å². The zero-order valence-electron chi connectivity index (χ0n) is 14.0. The fraction of sp³-hybridized carbons (Fsp3) is 0.200. The minimum Gasteiger partial charge on any atom is -0.337 e. The van der Waals surface area contributed by atoms with Gasteiger partial charge in [0.15, 0.2) is 0 Å². The Labute approximate surface area is 146 Å². The van der Waals surface area contributed by atoms with Crippen LogP contribution < -0.4 is 0 Å². The quantitative estimate of drug-likeness (QED) is 0.688. The molecule has 0 fully saturated rings. The third-order valence-electron chi connectivity index (χ3n) is 4.05. The van der Waals surface area contributed by atoms with Crippen molar-refractivity contribution in [2.45, 2.75) is 20.4 Å². The van der Waals surface area contributed by atoms with Crippen molar-refractivity contribution in [3.05, 3.63) is 75.9 Å².